The van der Waals surface area contributed by atoms with Crippen LogP contribution in [0.5, 0.6) is 0 Å². The minimum atomic E-state index is -0.0666. The number of nitrogens with zero attached hydrogens (tertiary/aromatic N) is 3. The van der Waals surface area contributed by atoms with Gasteiger partial charge in [-0.2, -0.15) is 0 Å². The fourth-order valence-corrected chi connectivity index (χ4v) is 5.41. The largest absolute Gasteiger partial charge is 0.372 e. The molecule has 4 rings (SSSR count). The molecular formula is C20H19ClN4OS3. The van der Waals surface area contributed by atoms with E-state index in [0.29, 0.717) is 8.98 Å². The van der Waals surface area contributed by atoms with Crippen molar-refractivity contribution in [2.75, 3.05) is 29.1 Å². The molecule has 2 heterocycles. The summed E-state index contributed by atoms with van der Waals surface area (Å²) in [6.45, 7) is 2.22. The van der Waals surface area contributed by atoms with Crippen molar-refractivity contribution < 1.29 is 4.79 Å². The average molecular weight is 463 g/mol. The summed E-state index contributed by atoms with van der Waals surface area (Å²) in [4.78, 5) is 14.7. The third-order valence-corrected chi connectivity index (χ3v) is 7.17. The Hall–Kier alpha value is -1.87. The number of carbonyl (C=O) groups is 1. The van der Waals surface area contributed by atoms with Crippen LogP contribution in [0.25, 0.3) is 5.69 Å². The molecule has 29 heavy (non-hydrogen) atoms. The van der Waals surface area contributed by atoms with Crippen LogP contribution in [-0.2, 0) is 4.79 Å². The van der Waals surface area contributed by atoms with Gasteiger partial charge in [-0.15, -0.1) is 5.10 Å². The summed E-state index contributed by atoms with van der Waals surface area (Å²) in [5.41, 5.74) is 2.87. The van der Waals surface area contributed by atoms with Crippen LogP contribution in [0.15, 0.2) is 52.9 Å². The molecular weight excluding hydrogens is 444 g/mol. The molecule has 9 heteroatoms. The Kier molecular flexibility index (Phi) is 6.54. The first-order valence-electron chi connectivity index (χ1n) is 9.22. The minimum Gasteiger partial charge on any atom is -0.372 e. The van der Waals surface area contributed by atoms with Gasteiger partial charge in [0.1, 0.15) is 0 Å². The first-order chi connectivity index (χ1) is 14.1. The van der Waals surface area contributed by atoms with Crippen molar-refractivity contribution in [1.82, 2.24) is 9.78 Å². The number of aromatic nitrogens is 2. The molecule has 1 aliphatic heterocycles. The van der Waals surface area contributed by atoms with Crippen molar-refractivity contribution in [3.05, 3.63) is 57.5 Å². The Morgan fingerprint density at radius 2 is 1.76 bits per heavy atom. The Morgan fingerprint density at radius 3 is 2.45 bits per heavy atom. The summed E-state index contributed by atoms with van der Waals surface area (Å²) in [5.74, 6) is 0.208. The Labute approximate surface area is 187 Å². The predicted octanol–water partition coefficient (Wildman–Crippen LogP) is 5.65. The predicted molar refractivity (Wildman–Crippen MR) is 125 cm³/mol. The zero-order valence-electron chi connectivity index (χ0n) is 15.5. The highest BCUT2D eigenvalue weighted by Crippen LogP contribution is 2.25. The zero-order chi connectivity index (χ0) is 20.2. The smallest absolute Gasteiger partial charge is 0.234 e. The quantitative estimate of drug-likeness (QED) is 0.379. The van der Waals surface area contributed by atoms with Crippen LogP contribution in [0.2, 0.25) is 5.02 Å². The van der Waals surface area contributed by atoms with E-state index in [4.69, 9.17) is 23.8 Å². The summed E-state index contributed by atoms with van der Waals surface area (Å²) < 4.78 is 3.07. The number of benzene rings is 2. The van der Waals surface area contributed by atoms with Crippen LogP contribution < -0.4 is 10.2 Å². The standard InChI is InChI=1S/C20H19ClN4OS3/c21-14-3-7-17(8-4-14)25-20(27)29-19(23-25)28-13-18(26)22-15-5-9-16(10-6-15)24-11-1-2-12-24/h3-10H,1-2,11-13H2,(H,22,26). The van der Waals surface area contributed by atoms with Crippen LogP contribution in [0, 0.1) is 3.95 Å². The lowest BCUT2D eigenvalue weighted by atomic mass is 10.2. The summed E-state index contributed by atoms with van der Waals surface area (Å²) >= 11 is 14.1. The second-order valence-electron chi connectivity index (χ2n) is 6.60. The third kappa shape index (κ3) is 5.19. The van der Waals surface area contributed by atoms with E-state index in [1.807, 2.05) is 24.3 Å². The molecule has 0 radical (unpaired) electrons. The molecule has 150 valence electrons. The lowest BCUT2D eigenvalue weighted by Crippen LogP contribution is -2.18. The van der Waals surface area contributed by atoms with Gasteiger partial charge in [-0.3, -0.25) is 4.79 Å². The zero-order valence-corrected chi connectivity index (χ0v) is 18.7. The summed E-state index contributed by atoms with van der Waals surface area (Å²) in [6, 6.07) is 15.4. The van der Waals surface area contributed by atoms with Gasteiger partial charge in [0, 0.05) is 29.5 Å². The maximum atomic E-state index is 12.3. The summed E-state index contributed by atoms with van der Waals surface area (Å²) in [6.07, 6.45) is 2.49. The Bertz CT molecular complexity index is 1040. The molecule has 0 bridgehead atoms. The van der Waals surface area contributed by atoms with Gasteiger partial charge in [-0.1, -0.05) is 34.7 Å². The van der Waals surface area contributed by atoms with E-state index in [-0.39, 0.29) is 11.7 Å². The van der Waals surface area contributed by atoms with Gasteiger partial charge < -0.3 is 10.2 Å². The number of amides is 1. The van der Waals surface area contributed by atoms with Crippen molar-refractivity contribution in [2.45, 2.75) is 17.2 Å². The number of hydrogen-bond acceptors (Lipinski definition) is 6. The monoisotopic (exact) mass is 462 g/mol. The SMILES string of the molecule is O=C(CSc1nn(-c2ccc(Cl)cc2)c(=S)s1)Nc1ccc(N2CCCC2)cc1. The van der Waals surface area contributed by atoms with Gasteiger partial charge in [0.05, 0.1) is 11.4 Å². The molecule has 1 aromatic heterocycles. The van der Waals surface area contributed by atoms with E-state index in [9.17, 15) is 4.79 Å². The second kappa shape index (κ2) is 9.30. The van der Waals surface area contributed by atoms with Gasteiger partial charge in [0.25, 0.3) is 0 Å². The molecule has 5 nitrogen and oxygen atoms in total. The maximum absolute atomic E-state index is 12.3. The highest BCUT2D eigenvalue weighted by molar-refractivity contribution is 8.01. The van der Waals surface area contributed by atoms with Crippen molar-refractivity contribution in [3.63, 3.8) is 0 Å². The Morgan fingerprint density at radius 1 is 1.10 bits per heavy atom. The van der Waals surface area contributed by atoms with Crippen LogP contribution in [0.1, 0.15) is 12.8 Å². The van der Waals surface area contributed by atoms with E-state index in [0.717, 1.165) is 28.8 Å². The molecule has 1 saturated heterocycles. The fourth-order valence-electron chi connectivity index (χ4n) is 3.12. The van der Waals surface area contributed by atoms with Crippen molar-refractivity contribution >= 4 is 64.2 Å². The molecule has 1 N–H and O–H groups in total. The molecule has 0 saturated carbocycles. The van der Waals surface area contributed by atoms with Crippen molar-refractivity contribution in [2.24, 2.45) is 0 Å². The van der Waals surface area contributed by atoms with E-state index < -0.39 is 0 Å². The molecule has 1 fully saturated rings. The van der Waals surface area contributed by atoms with Crippen LogP contribution in [0.4, 0.5) is 11.4 Å². The van der Waals surface area contributed by atoms with E-state index >= 15 is 0 Å². The molecule has 3 aromatic rings. The molecule has 0 atom stereocenters. The molecule has 0 unspecified atom stereocenters. The number of hydrogen-bond donors (Lipinski definition) is 1. The maximum Gasteiger partial charge on any atom is 0.234 e. The van der Waals surface area contributed by atoms with Gasteiger partial charge in [0.15, 0.2) is 8.29 Å². The van der Waals surface area contributed by atoms with Crippen LogP contribution in [-0.4, -0.2) is 34.5 Å². The first kappa shape index (κ1) is 20.4. The first-order valence-corrected chi connectivity index (χ1v) is 11.8. The lowest BCUT2D eigenvalue weighted by molar-refractivity contribution is -0.113. The van der Waals surface area contributed by atoms with Gasteiger partial charge in [-0.25, -0.2) is 4.68 Å². The fraction of sp³-hybridized carbons (Fsp3) is 0.250. The van der Waals surface area contributed by atoms with Gasteiger partial charge in [-0.05, 0) is 73.6 Å². The molecule has 1 amide bonds. The number of halogens is 1. The minimum absolute atomic E-state index is 0.0666. The number of thioether (sulfide) groups is 1. The third-order valence-electron chi connectivity index (χ3n) is 4.55. The average Bonchev–Trinajstić information content (AvgIpc) is 3.38. The highest BCUT2D eigenvalue weighted by Gasteiger charge is 2.13. The number of carbonyl (C=O) groups excluding carboxylic acids is 1. The van der Waals surface area contributed by atoms with Crippen LogP contribution >= 0.6 is 46.9 Å². The number of rotatable bonds is 6. The normalized spacial score (nSPS) is 13.6. The summed E-state index contributed by atoms with van der Waals surface area (Å²) in [7, 11) is 0. The van der Waals surface area contributed by atoms with Gasteiger partial charge >= 0.3 is 0 Å². The number of anilines is 2. The lowest BCUT2D eigenvalue weighted by Gasteiger charge is -2.17. The molecule has 2 aromatic carbocycles. The number of nitrogens with one attached hydrogen (secondary N) is 1. The highest BCUT2D eigenvalue weighted by atomic mass is 35.5. The molecule has 1 aliphatic rings. The van der Waals surface area contributed by atoms with Crippen molar-refractivity contribution in [1.29, 1.82) is 0 Å². The second-order valence-corrected chi connectivity index (χ2v) is 9.88. The summed E-state index contributed by atoms with van der Waals surface area (Å²) in [5, 5.41) is 8.11. The van der Waals surface area contributed by atoms with Crippen LogP contribution in [0.3, 0.4) is 0 Å². The van der Waals surface area contributed by atoms with E-state index in [1.165, 1.54) is 41.6 Å². The van der Waals surface area contributed by atoms with Crippen molar-refractivity contribution in [3.8, 4) is 5.69 Å². The molecule has 0 spiro atoms. The van der Waals surface area contributed by atoms with E-state index in [1.54, 1.807) is 16.8 Å². The topological polar surface area (TPSA) is 50.2 Å². The van der Waals surface area contributed by atoms with Gasteiger partial charge in [0.2, 0.25) is 5.91 Å². The Balaban J connectivity index is 1.33. The molecule has 0 aliphatic carbocycles. The van der Waals surface area contributed by atoms with E-state index in [2.05, 4.69) is 27.4 Å².